The van der Waals surface area contributed by atoms with Gasteiger partial charge in [0.2, 0.25) is 5.91 Å². The second-order valence-corrected chi connectivity index (χ2v) is 5.30. The lowest BCUT2D eigenvalue weighted by Gasteiger charge is -2.39. The molecular formula is C13H24N2O3. The van der Waals surface area contributed by atoms with E-state index in [1.165, 1.54) is 0 Å². The summed E-state index contributed by atoms with van der Waals surface area (Å²) in [5.74, 6) is -0.843. The SMILES string of the molecule is CCCC1(C(=O)O)CCN(C(=O)C(C)CN)CC1. The molecule has 5 heteroatoms. The van der Waals surface area contributed by atoms with Gasteiger partial charge < -0.3 is 15.7 Å². The molecule has 0 aromatic heterocycles. The number of rotatable bonds is 5. The Kier molecular flexibility index (Phi) is 5.14. The van der Waals surface area contributed by atoms with Gasteiger partial charge in [-0.15, -0.1) is 0 Å². The van der Waals surface area contributed by atoms with E-state index in [4.69, 9.17) is 5.73 Å². The van der Waals surface area contributed by atoms with Crippen LogP contribution >= 0.6 is 0 Å². The molecule has 1 fully saturated rings. The molecule has 5 nitrogen and oxygen atoms in total. The summed E-state index contributed by atoms with van der Waals surface area (Å²) in [6.07, 6.45) is 2.66. The third-order valence-corrected chi connectivity index (χ3v) is 3.99. The summed E-state index contributed by atoms with van der Waals surface area (Å²) >= 11 is 0. The first-order valence-electron chi connectivity index (χ1n) is 6.69. The van der Waals surface area contributed by atoms with Gasteiger partial charge in [-0.1, -0.05) is 20.3 Å². The van der Waals surface area contributed by atoms with Crippen molar-refractivity contribution >= 4 is 11.9 Å². The van der Waals surface area contributed by atoms with Gasteiger partial charge in [-0.05, 0) is 19.3 Å². The number of carboxylic acid groups (broad SMARTS) is 1. The van der Waals surface area contributed by atoms with Crippen LogP contribution in [-0.4, -0.2) is 41.5 Å². The molecule has 0 bridgehead atoms. The van der Waals surface area contributed by atoms with Crippen molar-refractivity contribution < 1.29 is 14.7 Å². The van der Waals surface area contributed by atoms with Crippen molar-refractivity contribution in [2.75, 3.05) is 19.6 Å². The minimum absolute atomic E-state index is 0.0491. The zero-order valence-corrected chi connectivity index (χ0v) is 11.3. The van der Waals surface area contributed by atoms with Crippen molar-refractivity contribution in [3.05, 3.63) is 0 Å². The van der Waals surface area contributed by atoms with E-state index in [0.717, 1.165) is 6.42 Å². The summed E-state index contributed by atoms with van der Waals surface area (Å²) in [5, 5.41) is 9.38. The summed E-state index contributed by atoms with van der Waals surface area (Å²) in [4.78, 5) is 25.1. The fourth-order valence-electron chi connectivity index (χ4n) is 2.62. The largest absolute Gasteiger partial charge is 0.481 e. The Morgan fingerprint density at radius 3 is 2.33 bits per heavy atom. The zero-order chi connectivity index (χ0) is 13.8. The third-order valence-electron chi connectivity index (χ3n) is 3.99. The second-order valence-electron chi connectivity index (χ2n) is 5.30. The van der Waals surface area contributed by atoms with Crippen LogP contribution in [0.1, 0.15) is 39.5 Å². The van der Waals surface area contributed by atoms with E-state index in [2.05, 4.69) is 0 Å². The number of carbonyl (C=O) groups is 2. The predicted octanol–water partition coefficient (Wildman–Crippen LogP) is 1.07. The van der Waals surface area contributed by atoms with E-state index in [-0.39, 0.29) is 11.8 Å². The van der Waals surface area contributed by atoms with Crippen molar-refractivity contribution in [3.8, 4) is 0 Å². The van der Waals surface area contributed by atoms with Gasteiger partial charge in [0, 0.05) is 25.6 Å². The lowest BCUT2D eigenvalue weighted by molar-refractivity contribution is -0.155. The molecule has 3 N–H and O–H groups in total. The van der Waals surface area contributed by atoms with Crippen LogP contribution in [0.25, 0.3) is 0 Å². The van der Waals surface area contributed by atoms with Crippen molar-refractivity contribution in [2.45, 2.75) is 39.5 Å². The van der Waals surface area contributed by atoms with Crippen LogP contribution in [0.4, 0.5) is 0 Å². The van der Waals surface area contributed by atoms with Gasteiger partial charge in [-0.3, -0.25) is 9.59 Å². The Morgan fingerprint density at radius 2 is 1.94 bits per heavy atom. The number of hydrogen-bond acceptors (Lipinski definition) is 3. The maximum absolute atomic E-state index is 12.0. The molecule has 1 rings (SSSR count). The smallest absolute Gasteiger partial charge is 0.309 e. The van der Waals surface area contributed by atoms with Crippen LogP contribution in [0.15, 0.2) is 0 Å². The van der Waals surface area contributed by atoms with E-state index in [1.54, 1.807) is 4.90 Å². The fraction of sp³-hybridized carbons (Fsp3) is 0.846. The first-order valence-corrected chi connectivity index (χ1v) is 6.69. The van der Waals surface area contributed by atoms with Gasteiger partial charge in [-0.2, -0.15) is 0 Å². The molecule has 0 saturated carbocycles. The molecule has 1 amide bonds. The lowest BCUT2D eigenvalue weighted by atomic mass is 9.75. The topological polar surface area (TPSA) is 83.6 Å². The van der Waals surface area contributed by atoms with Crippen LogP contribution in [0.5, 0.6) is 0 Å². The predicted molar refractivity (Wildman–Crippen MR) is 69.0 cm³/mol. The summed E-state index contributed by atoms with van der Waals surface area (Å²) in [6.45, 7) is 5.23. The number of piperidine rings is 1. The molecule has 1 atom stereocenters. The molecule has 0 radical (unpaired) electrons. The summed E-state index contributed by atoms with van der Waals surface area (Å²) in [6, 6.07) is 0. The number of nitrogens with two attached hydrogens (primary N) is 1. The Labute approximate surface area is 108 Å². The van der Waals surface area contributed by atoms with Gasteiger partial charge in [0.15, 0.2) is 0 Å². The summed E-state index contributed by atoms with van der Waals surface area (Å²) in [5.41, 5.74) is 4.86. The van der Waals surface area contributed by atoms with Crippen LogP contribution in [0.2, 0.25) is 0 Å². The number of carboxylic acids is 1. The highest BCUT2D eigenvalue weighted by molar-refractivity contribution is 5.80. The molecule has 0 aromatic carbocycles. The van der Waals surface area contributed by atoms with E-state index in [9.17, 15) is 14.7 Å². The highest BCUT2D eigenvalue weighted by Gasteiger charge is 2.41. The highest BCUT2D eigenvalue weighted by atomic mass is 16.4. The molecule has 1 unspecified atom stereocenters. The average molecular weight is 256 g/mol. The molecule has 18 heavy (non-hydrogen) atoms. The maximum Gasteiger partial charge on any atom is 0.309 e. The number of likely N-dealkylation sites (tertiary alicyclic amines) is 1. The molecule has 0 aromatic rings. The minimum Gasteiger partial charge on any atom is -0.481 e. The quantitative estimate of drug-likeness (QED) is 0.771. The Hall–Kier alpha value is -1.10. The van der Waals surface area contributed by atoms with E-state index >= 15 is 0 Å². The number of hydrogen-bond donors (Lipinski definition) is 2. The zero-order valence-electron chi connectivity index (χ0n) is 11.3. The molecule has 1 aliphatic heterocycles. The summed E-state index contributed by atoms with van der Waals surface area (Å²) in [7, 11) is 0. The standard InChI is InChI=1S/C13H24N2O3/c1-3-4-13(12(17)18)5-7-15(8-6-13)11(16)10(2)9-14/h10H,3-9,14H2,1-2H3,(H,17,18). The molecule has 1 saturated heterocycles. The molecule has 0 spiro atoms. The first kappa shape index (κ1) is 15.0. The Bertz CT molecular complexity index is 309. The van der Waals surface area contributed by atoms with E-state index in [1.807, 2.05) is 13.8 Å². The number of amides is 1. The monoisotopic (exact) mass is 256 g/mol. The second kappa shape index (κ2) is 6.18. The van der Waals surface area contributed by atoms with E-state index < -0.39 is 11.4 Å². The minimum atomic E-state index is -0.719. The third kappa shape index (κ3) is 3.02. The average Bonchev–Trinajstić information content (AvgIpc) is 2.38. The van der Waals surface area contributed by atoms with Gasteiger partial charge in [-0.25, -0.2) is 0 Å². The molecule has 1 aliphatic rings. The molecule has 1 heterocycles. The van der Waals surface area contributed by atoms with Crippen molar-refractivity contribution in [1.29, 1.82) is 0 Å². The highest BCUT2D eigenvalue weighted by Crippen LogP contribution is 2.36. The van der Waals surface area contributed by atoms with Crippen LogP contribution in [0.3, 0.4) is 0 Å². The number of carbonyl (C=O) groups excluding carboxylic acids is 1. The van der Waals surface area contributed by atoms with Crippen LogP contribution < -0.4 is 5.73 Å². The normalized spacial score (nSPS) is 20.5. The molecular weight excluding hydrogens is 232 g/mol. The lowest BCUT2D eigenvalue weighted by Crippen LogP contribution is -2.48. The van der Waals surface area contributed by atoms with Crippen molar-refractivity contribution in [1.82, 2.24) is 4.90 Å². The van der Waals surface area contributed by atoms with Gasteiger partial charge in [0.1, 0.15) is 0 Å². The van der Waals surface area contributed by atoms with Crippen LogP contribution in [-0.2, 0) is 9.59 Å². The molecule has 0 aliphatic carbocycles. The number of aliphatic carboxylic acids is 1. The summed E-state index contributed by atoms with van der Waals surface area (Å²) < 4.78 is 0. The fourth-order valence-corrected chi connectivity index (χ4v) is 2.62. The Balaban J connectivity index is 2.63. The van der Waals surface area contributed by atoms with Gasteiger partial charge >= 0.3 is 5.97 Å². The van der Waals surface area contributed by atoms with Gasteiger partial charge in [0.25, 0.3) is 0 Å². The maximum atomic E-state index is 12.0. The molecule has 104 valence electrons. The van der Waals surface area contributed by atoms with E-state index in [0.29, 0.717) is 38.9 Å². The van der Waals surface area contributed by atoms with Crippen molar-refractivity contribution in [3.63, 3.8) is 0 Å². The van der Waals surface area contributed by atoms with Crippen LogP contribution in [0, 0.1) is 11.3 Å². The van der Waals surface area contributed by atoms with Crippen molar-refractivity contribution in [2.24, 2.45) is 17.1 Å². The first-order chi connectivity index (χ1) is 8.46. The number of nitrogens with zero attached hydrogens (tertiary/aromatic N) is 1. The van der Waals surface area contributed by atoms with Gasteiger partial charge in [0.05, 0.1) is 5.41 Å². The Morgan fingerprint density at radius 1 is 1.39 bits per heavy atom.